The zero-order chi connectivity index (χ0) is 19.5. The van der Waals surface area contributed by atoms with E-state index in [0.717, 1.165) is 37.6 Å². The summed E-state index contributed by atoms with van der Waals surface area (Å²) >= 11 is 0. The monoisotopic (exact) mass is 378 g/mol. The Morgan fingerprint density at radius 2 is 1.79 bits per heavy atom. The topological polar surface area (TPSA) is 63.0 Å². The van der Waals surface area contributed by atoms with E-state index in [1.807, 2.05) is 12.1 Å². The third-order valence-corrected chi connectivity index (χ3v) is 4.92. The first-order chi connectivity index (χ1) is 13.6. The number of benzene rings is 2. The van der Waals surface area contributed by atoms with Crippen molar-refractivity contribution in [3.63, 3.8) is 0 Å². The number of hydrogen-bond donors (Lipinski definition) is 0. The summed E-state index contributed by atoms with van der Waals surface area (Å²) in [6.07, 6.45) is 0. The molecule has 0 unspecified atom stereocenters. The van der Waals surface area contributed by atoms with Gasteiger partial charge in [-0.05, 0) is 29.8 Å². The highest BCUT2D eigenvalue weighted by Crippen LogP contribution is 2.18. The fourth-order valence-corrected chi connectivity index (χ4v) is 3.38. The van der Waals surface area contributed by atoms with E-state index < -0.39 is 0 Å². The molecule has 4 rings (SSSR count). The van der Waals surface area contributed by atoms with E-state index in [4.69, 9.17) is 9.15 Å². The number of carbonyl (C=O) groups excluding carboxylic acids is 1. The second-order valence-corrected chi connectivity index (χ2v) is 6.90. The molecule has 0 spiro atoms. The van der Waals surface area contributed by atoms with Gasteiger partial charge in [0.15, 0.2) is 11.2 Å². The minimum absolute atomic E-state index is 0.0520. The highest BCUT2D eigenvalue weighted by Gasteiger charge is 2.17. The van der Waals surface area contributed by atoms with Crippen molar-refractivity contribution in [2.24, 2.45) is 0 Å². The van der Waals surface area contributed by atoms with Gasteiger partial charge in [-0.2, -0.15) is 0 Å². The van der Waals surface area contributed by atoms with Crippen LogP contribution >= 0.6 is 0 Å². The summed E-state index contributed by atoms with van der Waals surface area (Å²) in [6, 6.07) is 16.4. The van der Waals surface area contributed by atoms with E-state index in [1.54, 1.807) is 36.2 Å². The first-order valence-electron chi connectivity index (χ1n) is 9.32. The van der Waals surface area contributed by atoms with E-state index in [1.165, 1.54) is 6.07 Å². The number of carbonyl (C=O) groups is 1. The van der Waals surface area contributed by atoms with Crippen molar-refractivity contribution in [1.29, 1.82) is 0 Å². The van der Waals surface area contributed by atoms with E-state index in [9.17, 15) is 9.59 Å². The Morgan fingerprint density at radius 1 is 1.07 bits per heavy atom. The third kappa shape index (κ3) is 3.77. The zero-order valence-electron chi connectivity index (χ0n) is 15.8. The summed E-state index contributed by atoms with van der Waals surface area (Å²) in [4.78, 5) is 28.8. The lowest BCUT2D eigenvalue weighted by Crippen LogP contribution is -2.36. The van der Waals surface area contributed by atoms with Crippen LogP contribution in [0.1, 0.15) is 16.1 Å². The third-order valence-electron chi connectivity index (χ3n) is 4.92. The number of amides is 1. The van der Waals surface area contributed by atoms with Crippen LogP contribution < -0.4 is 10.3 Å². The van der Waals surface area contributed by atoms with Crippen LogP contribution in [0.25, 0.3) is 11.0 Å². The van der Waals surface area contributed by atoms with Crippen molar-refractivity contribution >= 4 is 22.6 Å². The molecule has 0 bridgehead atoms. The predicted molar refractivity (Wildman–Crippen MR) is 108 cm³/mol. The van der Waals surface area contributed by atoms with Crippen LogP contribution in [0, 0.1) is 0 Å². The van der Waals surface area contributed by atoms with E-state index >= 15 is 0 Å². The molecule has 144 valence electrons. The van der Waals surface area contributed by atoms with Crippen LogP contribution in [0.5, 0.6) is 0 Å². The normalized spacial score (nSPS) is 14.2. The molecular formula is C22H22N2O4. The molecule has 0 radical (unpaired) electrons. The number of hydrogen-bond acceptors (Lipinski definition) is 5. The van der Waals surface area contributed by atoms with Gasteiger partial charge in [-0.25, -0.2) is 0 Å². The van der Waals surface area contributed by atoms with Crippen molar-refractivity contribution in [2.75, 3.05) is 38.3 Å². The molecule has 0 N–H and O–H groups in total. The summed E-state index contributed by atoms with van der Waals surface area (Å²) in [7, 11) is 1.70. The van der Waals surface area contributed by atoms with Crippen molar-refractivity contribution in [3.05, 3.63) is 76.1 Å². The largest absolute Gasteiger partial charge is 0.451 e. The van der Waals surface area contributed by atoms with Crippen LogP contribution in [0.4, 0.5) is 5.69 Å². The Labute approximate surface area is 162 Å². The molecule has 6 heteroatoms. The second kappa shape index (κ2) is 7.86. The van der Waals surface area contributed by atoms with Crippen LogP contribution in [-0.4, -0.2) is 44.2 Å². The number of anilines is 1. The molecule has 1 aromatic heterocycles. The number of para-hydroxylation sites is 1. The van der Waals surface area contributed by atoms with Gasteiger partial charge in [0.2, 0.25) is 0 Å². The first-order valence-corrected chi connectivity index (χ1v) is 9.32. The van der Waals surface area contributed by atoms with E-state index in [-0.39, 0.29) is 17.1 Å². The van der Waals surface area contributed by atoms with Crippen LogP contribution in [-0.2, 0) is 11.3 Å². The maximum Gasteiger partial charge on any atom is 0.289 e. The van der Waals surface area contributed by atoms with Crippen molar-refractivity contribution in [1.82, 2.24) is 4.90 Å². The van der Waals surface area contributed by atoms with Gasteiger partial charge in [0, 0.05) is 38.4 Å². The van der Waals surface area contributed by atoms with Gasteiger partial charge in [0.05, 0.1) is 18.6 Å². The lowest BCUT2D eigenvalue weighted by molar-refractivity contribution is 0.0754. The zero-order valence-corrected chi connectivity index (χ0v) is 15.8. The first kappa shape index (κ1) is 18.3. The second-order valence-electron chi connectivity index (χ2n) is 6.90. The molecule has 1 aliphatic rings. The summed E-state index contributed by atoms with van der Waals surface area (Å²) in [5, 5.41) is 0.473. The fraction of sp³-hybridized carbons (Fsp3) is 0.273. The van der Waals surface area contributed by atoms with Crippen molar-refractivity contribution in [3.8, 4) is 0 Å². The quantitative estimate of drug-likeness (QED) is 0.699. The molecule has 2 aromatic carbocycles. The molecule has 1 saturated heterocycles. The molecule has 28 heavy (non-hydrogen) atoms. The summed E-state index contributed by atoms with van der Waals surface area (Å²) < 4.78 is 11.0. The Balaban J connectivity index is 1.48. The minimum Gasteiger partial charge on any atom is -0.451 e. The van der Waals surface area contributed by atoms with Crippen LogP contribution in [0.3, 0.4) is 0 Å². The minimum atomic E-state index is -0.319. The molecule has 0 aliphatic carbocycles. The average Bonchev–Trinajstić information content (AvgIpc) is 2.74. The van der Waals surface area contributed by atoms with Gasteiger partial charge in [-0.3, -0.25) is 9.59 Å². The number of fused-ring (bicyclic) bond motifs is 1. The molecule has 0 atom stereocenters. The van der Waals surface area contributed by atoms with Crippen molar-refractivity contribution in [2.45, 2.75) is 6.54 Å². The molecule has 1 aliphatic heterocycles. The van der Waals surface area contributed by atoms with Crippen molar-refractivity contribution < 1.29 is 13.9 Å². The maximum atomic E-state index is 12.7. The molecule has 2 heterocycles. The lowest BCUT2D eigenvalue weighted by Gasteiger charge is -2.29. The standard InChI is InChI=1S/C22H22N2O4/c1-23(15-16-6-8-17(9-7-16)24-10-12-27-13-11-24)22(26)21-14-19(25)18-4-2-3-5-20(18)28-21/h2-9,14H,10-13,15H2,1H3. The molecule has 3 aromatic rings. The molecular weight excluding hydrogens is 356 g/mol. The summed E-state index contributed by atoms with van der Waals surface area (Å²) in [5.41, 5.74) is 2.37. The molecule has 6 nitrogen and oxygen atoms in total. The lowest BCUT2D eigenvalue weighted by atomic mass is 10.1. The SMILES string of the molecule is CN(Cc1ccc(N2CCOCC2)cc1)C(=O)c1cc(=O)c2ccccc2o1. The smallest absolute Gasteiger partial charge is 0.289 e. The van der Waals surface area contributed by atoms with Crippen LogP contribution in [0.15, 0.2) is 63.8 Å². The highest BCUT2D eigenvalue weighted by atomic mass is 16.5. The average molecular weight is 378 g/mol. The van der Waals surface area contributed by atoms with Gasteiger partial charge in [-0.15, -0.1) is 0 Å². The highest BCUT2D eigenvalue weighted by molar-refractivity contribution is 5.93. The predicted octanol–water partition coefficient (Wildman–Crippen LogP) is 2.90. The Hall–Kier alpha value is -3.12. The number of morpholine rings is 1. The van der Waals surface area contributed by atoms with Gasteiger partial charge < -0.3 is 19.0 Å². The summed E-state index contributed by atoms with van der Waals surface area (Å²) in [6.45, 7) is 3.70. The number of ether oxygens (including phenoxy) is 1. The molecule has 1 amide bonds. The van der Waals surface area contributed by atoms with E-state index in [0.29, 0.717) is 17.5 Å². The Bertz CT molecular complexity index is 1040. The summed E-state index contributed by atoms with van der Waals surface area (Å²) in [5.74, 6) is -0.267. The number of rotatable bonds is 4. The fourth-order valence-electron chi connectivity index (χ4n) is 3.38. The molecule has 1 fully saturated rings. The Morgan fingerprint density at radius 3 is 2.54 bits per heavy atom. The Kier molecular flexibility index (Phi) is 5.12. The van der Waals surface area contributed by atoms with Gasteiger partial charge >= 0.3 is 0 Å². The van der Waals surface area contributed by atoms with Gasteiger partial charge in [0.1, 0.15) is 5.58 Å². The number of nitrogens with zero attached hydrogens (tertiary/aromatic N) is 2. The van der Waals surface area contributed by atoms with Crippen LogP contribution in [0.2, 0.25) is 0 Å². The van der Waals surface area contributed by atoms with E-state index in [2.05, 4.69) is 17.0 Å². The van der Waals surface area contributed by atoms with Gasteiger partial charge in [0.25, 0.3) is 5.91 Å². The maximum absolute atomic E-state index is 12.7. The van der Waals surface area contributed by atoms with Gasteiger partial charge in [-0.1, -0.05) is 24.3 Å². The molecule has 0 saturated carbocycles.